The Hall–Kier alpha value is -0.360. The van der Waals surface area contributed by atoms with Gasteiger partial charge in [-0.15, -0.1) is 4.89 Å². The van der Waals surface area contributed by atoms with Crippen molar-refractivity contribution in [3.63, 3.8) is 0 Å². The Balaban J connectivity index is 5.94. The zero-order valence-electron chi connectivity index (χ0n) is 24.3. The maximum atomic E-state index is 6.34. The summed E-state index contributed by atoms with van der Waals surface area (Å²) < 4.78 is 36.7. The molecule has 0 amide bonds. The normalized spacial score (nSPS) is 17.8. The van der Waals surface area contributed by atoms with Crippen LogP contribution in [0.25, 0.3) is 0 Å². The van der Waals surface area contributed by atoms with E-state index in [9.17, 15) is 0 Å². The summed E-state index contributed by atoms with van der Waals surface area (Å²) in [5, 5.41) is 5.13. The first-order valence-corrected chi connectivity index (χ1v) is 13.3. The zero-order chi connectivity index (χ0) is 27.0. The van der Waals surface area contributed by atoms with Gasteiger partial charge in [-0.3, -0.25) is 0 Å². The summed E-state index contributed by atoms with van der Waals surface area (Å²) in [6.07, 6.45) is 3.29. The van der Waals surface area contributed by atoms with Crippen LogP contribution in [0.1, 0.15) is 108 Å². The molecule has 0 saturated carbocycles. The van der Waals surface area contributed by atoms with Gasteiger partial charge < -0.3 is 28.4 Å². The quantitative estimate of drug-likeness (QED) is 0.0722. The van der Waals surface area contributed by atoms with Crippen molar-refractivity contribution in [2.45, 2.75) is 144 Å². The second-order valence-corrected chi connectivity index (χ2v) is 9.88. The van der Waals surface area contributed by atoms with E-state index in [1.165, 1.54) is 0 Å². The van der Waals surface area contributed by atoms with Crippen molar-refractivity contribution in [1.29, 1.82) is 0 Å². The molecule has 0 N–H and O–H groups in total. The molecule has 0 bridgehead atoms. The van der Waals surface area contributed by atoms with Crippen molar-refractivity contribution in [3.8, 4) is 0 Å². The van der Waals surface area contributed by atoms with E-state index in [-0.39, 0.29) is 12.2 Å². The monoisotopic (exact) mass is 510 g/mol. The molecule has 9 nitrogen and oxygen atoms in total. The highest BCUT2D eigenvalue weighted by molar-refractivity contribution is 4.75. The average molecular weight is 511 g/mol. The third-order valence-electron chi connectivity index (χ3n) is 4.87. The Labute approximate surface area is 214 Å². The Kier molecular flexibility index (Phi) is 17.8. The van der Waals surface area contributed by atoms with Crippen LogP contribution < -0.4 is 0 Å². The molecule has 212 valence electrons. The van der Waals surface area contributed by atoms with Gasteiger partial charge in [-0.25, -0.2) is 4.89 Å². The van der Waals surface area contributed by atoms with E-state index in [0.717, 1.165) is 25.7 Å². The second kappa shape index (κ2) is 18.0. The summed E-state index contributed by atoms with van der Waals surface area (Å²) in [6, 6.07) is 0. The third-order valence-corrected chi connectivity index (χ3v) is 4.87. The standard InChI is InChI=1S/C26H54O9/c1-12-16-20-29-25(31-21(5)6,32-22(7)14-3)18-17-23(27-11)26(28-15-4,30-19-13-2)34-35-33-24(8,9)10/h21-23H,12-20H2,1-11H3. The van der Waals surface area contributed by atoms with E-state index in [1.807, 2.05) is 55.4 Å². The van der Waals surface area contributed by atoms with Crippen molar-refractivity contribution < 1.29 is 43.2 Å². The lowest BCUT2D eigenvalue weighted by molar-refractivity contribution is -0.633. The lowest BCUT2D eigenvalue weighted by Crippen LogP contribution is -2.53. The van der Waals surface area contributed by atoms with Crippen LogP contribution in [-0.4, -0.2) is 62.8 Å². The van der Waals surface area contributed by atoms with Crippen LogP contribution in [0.5, 0.6) is 0 Å². The van der Waals surface area contributed by atoms with Crippen LogP contribution in [0.4, 0.5) is 0 Å². The van der Waals surface area contributed by atoms with Crippen molar-refractivity contribution in [1.82, 2.24) is 0 Å². The largest absolute Gasteiger partial charge is 0.373 e. The molecule has 0 fully saturated rings. The molecule has 0 rings (SSSR count). The number of hydrogen-bond acceptors (Lipinski definition) is 9. The molecular formula is C26H54O9. The van der Waals surface area contributed by atoms with Gasteiger partial charge >= 0.3 is 5.97 Å². The van der Waals surface area contributed by atoms with Crippen LogP contribution in [0, 0.1) is 0 Å². The predicted molar refractivity (Wildman–Crippen MR) is 134 cm³/mol. The highest BCUT2D eigenvalue weighted by Gasteiger charge is 2.48. The Bertz CT molecular complexity index is 512. The number of methoxy groups -OCH3 is 1. The highest BCUT2D eigenvalue weighted by atomic mass is 17.5. The number of rotatable bonds is 22. The van der Waals surface area contributed by atoms with Crippen LogP contribution in [0.3, 0.4) is 0 Å². The lowest BCUT2D eigenvalue weighted by atomic mass is 10.1. The van der Waals surface area contributed by atoms with E-state index in [1.54, 1.807) is 7.11 Å². The van der Waals surface area contributed by atoms with E-state index in [4.69, 9.17) is 43.2 Å². The lowest BCUT2D eigenvalue weighted by Gasteiger charge is -2.40. The fourth-order valence-electron chi connectivity index (χ4n) is 3.09. The molecule has 0 aliphatic rings. The molecule has 4 unspecified atom stereocenters. The Morgan fingerprint density at radius 3 is 1.94 bits per heavy atom. The summed E-state index contributed by atoms with van der Waals surface area (Å²) in [4.78, 5) is 11.0. The van der Waals surface area contributed by atoms with Gasteiger partial charge in [-0.05, 0) is 74.1 Å². The van der Waals surface area contributed by atoms with E-state index < -0.39 is 23.7 Å². The minimum atomic E-state index is -1.66. The maximum absolute atomic E-state index is 6.34. The third kappa shape index (κ3) is 14.2. The fourth-order valence-corrected chi connectivity index (χ4v) is 3.09. The van der Waals surface area contributed by atoms with Crippen LogP contribution in [-0.2, 0) is 43.2 Å². The van der Waals surface area contributed by atoms with Gasteiger partial charge in [0.15, 0.2) is 0 Å². The zero-order valence-corrected chi connectivity index (χ0v) is 24.3. The molecule has 9 heteroatoms. The van der Waals surface area contributed by atoms with Crippen molar-refractivity contribution in [2.24, 2.45) is 0 Å². The summed E-state index contributed by atoms with van der Waals surface area (Å²) >= 11 is 0. The smallest absolute Gasteiger partial charge is 0.342 e. The van der Waals surface area contributed by atoms with E-state index in [0.29, 0.717) is 32.7 Å². The van der Waals surface area contributed by atoms with Crippen molar-refractivity contribution in [3.05, 3.63) is 0 Å². The maximum Gasteiger partial charge on any atom is 0.342 e. The Morgan fingerprint density at radius 2 is 1.46 bits per heavy atom. The summed E-state index contributed by atoms with van der Waals surface area (Å²) in [7, 11) is 1.57. The highest BCUT2D eigenvalue weighted by Crippen LogP contribution is 2.33. The molecule has 0 aliphatic carbocycles. The van der Waals surface area contributed by atoms with Gasteiger partial charge in [0.05, 0.1) is 31.0 Å². The molecule has 0 saturated heterocycles. The molecule has 0 spiro atoms. The summed E-state index contributed by atoms with van der Waals surface area (Å²) in [5.41, 5.74) is -0.594. The van der Waals surface area contributed by atoms with Crippen LogP contribution in [0.15, 0.2) is 0 Å². The van der Waals surface area contributed by atoms with Gasteiger partial charge in [-0.1, -0.05) is 32.2 Å². The van der Waals surface area contributed by atoms with E-state index >= 15 is 0 Å². The molecule has 0 radical (unpaired) electrons. The Morgan fingerprint density at radius 1 is 0.771 bits per heavy atom. The molecule has 0 aromatic rings. The van der Waals surface area contributed by atoms with Gasteiger partial charge in [-0.2, -0.15) is 0 Å². The van der Waals surface area contributed by atoms with Crippen LogP contribution >= 0.6 is 0 Å². The number of ether oxygens (including phenoxy) is 6. The van der Waals surface area contributed by atoms with Gasteiger partial charge in [0.25, 0.3) is 5.97 Å². The molecule has 0 heterocycles. The molecule has 4 atom stereocenters. The number of unbranched alkanes of at least 4 members (excludes halogenated alkanes) is 1. The molecule has 0 aromatic carbocycles. The first-order chi connectivity index (χ1) is 16.4. The molecule has 0 aliphatic heterocycles. The molecular weight excluding hydrogens is 456 g/mol. The summed E-state index contributed by atoms with van der Waals surface area (Å²) in [5.74, 6) is -2.91. The van der Waals surface area contributed by atoms with Gasteiger partial charge in [0, 0.05) is 20.1 Å². The molecule has 0 aromatic heterocycles. The predicted octanol–water partition coefficient (Wildman–Crippen LogP) is 6.29. The first kappa shape index (κ1) is 34.6. The van der Waals surface area contributed by atoms with Crippen LogP contribution in [0.2, 0.25) is 0 Å². The second-order valence-electron chi connectivity index (χ2n) is 9.88. The summed E-state index contributed by atoms with van der Waals surface area (Å²) in [6.45, 7) is 20.6. The topological polar surface area (TPSA) is 83.1 Å². The SMILES string of the molecule is CCCCOC(CCC(OC)C(OCC)(OCCC)OOOC(C)(C)C)(OC(C)C)OC(C)CC. The van der Waals surface area contributed by atoms with Crippen molar-refractivity contribution in [2.75, 3.05) is 26.9 Å². The van der Waals surface area contributed by atoms with Crippen molar-refractivity contribution >= 4 is 0 Å². The van der Waals surface area contributed by atoms with Gasteiger partial charge in [0.1, 0.15) is 6.10 Å². The molecule has 35 heavy (non-hydrogen) atoms. The van der Waals surface area contributed by atoms with E-state index in [2.05, 4.69) is 13.8 Å². The van der Waals surface area contributed by atoms with Gasteiger partial charge in [0.2, 0.25) is 0 Å². The fraction of sp³-hybridized carbons (Fsp3) is 1.00. The minimum absolute atomic E-state index is 0.0656. The first-order valence-electron chi connectivity index (χ1n) is 13.3. The number of hydrogen-bond donors (Lipinski definition) is 0. The minimum Gasteiger partial charge on any atom is -0.373 e. The average Bonchev–Trinajstić information content (AvgIpc) is 2.76.